The molecule has 0 saturated carbocycles. The fourth-order valence-electron chi connectivity index (χ4n) is 1.58. The zero-order valence-electron chi connectivity index (χ0n) is 12.2. The number of nitrogens with one attached hydrogen (secondary N) is 1. The van der Waals surface area contributed by atoms with Gasteiger partial charge in [-0.2, -0.15) is 0 Å². The first-order valence-corrected chi connectivity index (χ1v) is 7.47. The lowest BCUT2D eigenvalue weighted by Crippen LogP contribution is -2.35. The molecule has 0 fully saturated rings. The first-order chi connectivity index (χ1) is 9.83. The Hall–Kier alpha value is -1.53. The Balaban J connectivity index is 1.90. The van der Waals surface area contributed by atoms with Crippen LogP contribution in [0.4, 0.5) is 8.78 Å². The summed E-state index contributed by atoms with van der Waals surface area (Å²) in [5.74, 6) is -1.30. The summed E-state index contributed by atoms with van der Waals surface area (Å²) in [7, 11) is 0. The molecule has 0 saturated heterocycles. The maximum atomic E-state index is 13.4. The summed E-state index contributed by atoms with van der Waals surface area (Å²) in [5, 5.41) is 6.17. The molecule has 1 heterocycles. The Morgan fingerprint density at radius 2 is 2.05 bits per heavy atom. The van der Waals surface area contributed by atoms with Crippen molar-refractivity contribution in [3.8, 4) is 5.75 Å². The minimum Gasteiger partial charge on any atom is -0.484 e. The normalized spacial score (nSPS) is 11.7. The van der Waals surface area contributed by atoms with Crippen molar-refractivity contribution in [2.24, 2.45) is 0 Å². The van der Waals surface area contributed by atoms with E-state index in [-0.39, 0.29) is 17.9 Å². The number of halogens is 2. The van der Waals surface area contributed by atoms with Crippen LogP contribution in [0.25, 0.3) is 0 Å². The maximum Gasteiger partial charge on any atom is 0.167 e. The van der Waals surface area contributed by atoms with Crippen LogP contribution in [0.3, 0.4) is 0 Å². The minimum absolute atomic E-state index is 0.0266. The van der Waals surface area contributed by atoms with Crippen LogP contribution in [0, 0.1) is 11.6 Å². The molecule has 0 atom stereocenters. The van der Waals surface area contributed by atoms with Gasteiger partial charge in [0.25, 0.3) is 0 Å². The summed E-state index contributed by atoms with van der Waals surface area (Å²) in [4.78, 5) is 4.41. The molecule has 0 aliphatic carbocycles. The summed E-state index contributed by atoms with van der Waals surface area (Å²) >= 11 is 1.52. The third-order valence-corrected chi connectivity index (χ3v) is 3.54. The van der Waals surface area contributed by atoms with Crippen molar-refractivity contribution in [2.75, 3.05) is 0 Å². The zero-order valence-corrected chi connectivity index (χ0v) is 13.1. The van der Waals surface area contributed by atoms with Gasteiger partial charge in [-0.3, -0.25) is 0 Å². The van der Waals surface area contributed by atoms with Gasteiger partial charge in [0.05, 0.1) is 5.69 Å². The predicted octanol–water partition coefficient (Wildman–Crippen LogP) is 3.89. The fraction of sp³-hybridized carbons (Fsp3) is 0.400. The van der Waals surface area contributed by atoms with Crippen LogP contribution in [0.1, 0.15) is 31.5 Å². The van der Waals surface area contributed by atoms with Crippen LogP contribution >= 0.6 is 11.3 Å². The van der Waals surface area contributed by atoms with Crippen LogP contribution in [-0.4, -0.2) is 10.5 Å². The van der Waals surface area contributed by atoms with Gasteiger partial charge in [0.15, 0.2) is 11.6 Å². The van der Waals surface area contributed by atoms with E-state index in [0.29, 0.717) is 6.54 Å². The molecule has 1 N–H and O–H groups in total. The number of thiazole rings is 1. The number of rotatable bonds is 5. The first kappa shape index (κ1) is 15.9. The largest absolute Gasteiger partial charge is 0.484 e. The molecule has 2 rings (SSSR count). The first-order valence-electron chi connectivity index (χ1n) is 6.60. The van der Waals surface area contributed by atoms with E-state index in [1.54, 1.807) is 0 Å². The van der Waals surface area contributed by atoms with Gasteiger partial charge in [0.1, 0.15) is 17.4 Å². The van der Waals surface area contributed by atoms with Gasteiger partial charge in [0, 0.05) is 23.5 Å². The third-order valence-electron chi connectivity index (χ3n) is 2.64. The summed E-state index contributed by atoms with van der Waals surface area (Å²) < 4.78 is 31.5. The number of ether oxygens (including phenoxy) is 1. The molecule has 21 heavy (non-hydrogen) atoms. The van der Waals surface area contributed by atoms with Crippen molar-refractivity contribution >= 4 is 11.3 Å². The van der Waals surface area contributed by atoms with E-state index in [1.165, 1.54) is 17.4 Å². The summed E-state index contributed by atoms with van der Waals surface area (Å²) in [5.41, 5.74) is 0.758. The molecule has 0 amide bonds. The summed E-state index contributed by atoms with van der Waals surface area (Å²) in [6.45, 7) is 7.10. The number of hydrogen-bond donors (Lipinski definition) is 1. The van der Waals surface area contributed by atoms with Crippen LogP contribution in [-0.2, 0) is 13.2 Å². The molecule has 0 unspecified atom stereocenters. The highest BCUT2D eigenvalue weighted by molar-refractivity contribution is 7.09. The standard InChI is InChI=1S/C15H18F2N2OS/c1-15(2,3)18-7-14-19-11(9-21-14)8-20-13-5-4-10(16)6-12(13)17/h4-6,9,18H,7-8H2,1-3H3. The molecule has 1 aromatic heterocycles. The van der Waals surface area contributed by atoms with Crippen molar-refractivity contribution in [3.05, 3.63) is 45.9 Å². The minimum atomic E-state index is -0.708. The maximum absolute atomic E-state index is 13.4. The monoisotopic (exact) mass is 312 g/mol. The molecular weight excluding hydrogens is 294 g/mol. The smallest absolute Gasteiger partial charge is 0.167 e. The van der Waals surface area contributed by atoms with Crippen LogP contribution in [0.2, 0.25) is 0 Å². The van der Waals surface area contributed by atoms with Gasteiger partial charge < -0.3 is 10.1 Å². The second-order valence-corrected chi connectivity index (χ2v) is 6.64. The van der Waals surface area contributed by atoms with Crippen molar-refractivity contribution in [1.29, 1.82) is 0 Å². The average Bonchev–Trinajstić information content (AvgIpc) is 2.82. The van der Waals surface area contributed by atoms with Gasteiger partial charge in [-0.1, -0.05) is 0 Å². The third kappa shape index (κ3) is 5.06. The SMILES string of the molecule is CC(C)(C)NCc1nc(COc2ccc(F)cc2F)cs1. The highest BCUT2D eigenvalue weighted by Crippen LogP contribution is 2.19. The molecule has 0 aliphatic heterocycles. The average molecular weight is 312 g/mol. The van der Waals surface area contributed by atoms with Crippen LogP contribution in [0.5, 0.6) is 5.75 Å². The van der Waals surface area contributed by atoms with Crippen molar-refractivity contribution in [1.82, 2.24) is 10.3 Å². The van der Waals surface area contributed by atoms with Crippen molar-refractivity contribution < 1.29 is 13.5 Å². The fourth-order valence-corrected chi connectivity index (χ4v) is 2.30. The lowest BCUT2D eigenvalue weighted by molar-refractivity contribution is 0.285. The molecule has 3 nitrogen and oxygen atoms in total. The second kappa shape index (κ2) is 6.49. The Morgan fingerprint density at radius 1 is 1.29 bits per heavy atom. The molecule has 2 aromatic rings. The predicted molar refractivity (Wildman–Crippen MR) is 79.4 cm³/mol. The van der Waals surface area contributed by atoms with E-state index >= 15 is 0 Å². The summed E-state index contributed by atoms with van der Waals surface area (Å²) in [6.07, 6.45) is 0. The quantitative estimate of drug-likeness (QED) is 0.909. The van der Waals surface area contributed by atoms with Gasteiger partial charge >= 0.3 is 0 Å². The Labute approximate surface area is 127 Å². The molecule has 0 bridgehead atoms. The number of nitrogens with zero attached hydrogens (tertiary/aromatic N) is 1. The highest BCUT2D eigenvalue weighted by Gasteiger charge is 2.11. The van der Waals surface area contributed by atoms with E-state index in [4.69, 9.17) is 4.74 Å². The van der Waals surface area contributed by atoms with E-state index < -0.39 is 11.6 Å². The lowest BCUT2D eigenvalue weighted by atomic mass is 10.1. The van der Waals surface area contributed by atoms with Gasteiger partial charge in [-0.25, -0.2) is 13.8 Å². The second-order valence-electron chi connectivity index (χ2n) is 5.70. The van der Waals surface area contributed by atoms with Gasteiger partial charge in [0.2, 0.25) is 0 Å². The van der Waals surface area contributed by atoms with Crippen molar-refractivity contribution in [3.63, 3.8) is 0 Å². The molecule has 0 radical (unpaired) electrons. The summed E-state index contributed by atoms with van der Waals surface area (Å²) in [6, 6.07) is 3.24. The topological polar surface area (TPSA) is 34.2 Å². The zero-order chi connectivity index (χ0) is 15.5. The Kier molecular flexibility index (Phi) is 4.90. The highest BCUT2D eigenvalue weighted by atomic mass is 32.1. The van der Waals surface area contributed by atoms with E-state index in [1.807, 2.05) is 5.38 Å². The molecule has 1 aromatic carbocycles. The van der Waals surface area contributed by atoms with Crippen molar-refractivity contribution in [2.45, 2.75) is 39.5 Å². The molecular formula is C15H18F2N2OS. The Morgan fingerprint density at radius 3 is 2.71 bits per heavy atom. The van der Waals surface area contributed by atoms with Gasteiger partial charge in [-0.15, -0.1) is 11.3 Å². The van der Waals surface area contributed by atoms with Gasteiger partial charge in [-0.05, 0) is 32.9 Å². The molecule has 6 heteroatoms. The molecule has 114 valence electrons. The lowest BCUT2D eigenvalue weighted by Gasteiger charge is -2.19. The van der Waals surface area contributed by atoms with E-state index in [9.17, 15) is 8.78 Å². The van der Waals surface area contributed by atoms with Crippen LogP contribution < -0.4 is 10.1 Å². The van der Waals surface area contributed by atoms with Crippen LogP contribution in [0.15, 0.2) is 23.6 Å². The molecule has 0 aliphatic rings. The van der Waals surface area contributed by atoms with E-state index in [0.717, 1.165) is 22.8 Å². The molecule has 0 spiro atoms. The Bertz CT molecular complexity index is 608. The van der Waals surface area contributed by atoms with E-state index in [2.05, 4.69) is 31.1 Å². The number of benzene rings is 1. The number of aromatic nitrogens is 1. The number of hydrogen-bond acceptors (Lipinski definition) is 4.